The third-order valence-corrected chi connectivity index (χ3v) is 6.27. The molecular formula is C29H33NO7. The van der Waals surface area contributed by atoms with E-state index >= 15 is 0 Å². The van der Waals surface area contributed by atoms with Crippen LogP contribution in [-0.2, 0) is 22.6 Å². The van der Waals surface area contributed by atoms with E-state index in [1.807, 2.05) is 55.5 Å². The molecule has 1 heterocycles. The van der Waals surface area contributed by atoms with Gasteiger partial charge < -0.3 is 34.5 Å². The molecule has 0 radical (unpaired) electrons. The Balaban J connectivity index is 1.24. The largest absolute Gasteiger partial charge is 0.486 e. The third kappa shape index (κ3) is 7.30. The van der Waals surface area contributed by atoms with Gasteiger partial charge in [-0.2, -0.15) is 0 Å². The Bertz CT molecular complexity index is 1150. The highest BCUT2D eigenvalue weighted by Gasteiger charge is 2.22. The summed E-state index contributed by atoms with van der Waals surface area (Å²) in [5, 5.41) is 23.2. The van der Waals surface area contributed by atoms with E-state index in [2.05, 4.69) is 5.32 Å². The Labute approximate surface area is 216 Å². The zero-order valence-electron chi connectivity index (χ0n) is 20.8. The van der Waals surface area contributed by atoms with E-state index in [-0.39, 0.29) is 24.6 Å². The van der Waals surface area contributed by atoms with E-state index < -0.39 is 6.10 Å². The molecule has 3 atom stereocenters. The van der Waals surface area contributed by atoms with Crippen molar-refractivity contribution >= 4 is 6.47 Å². The lowest BCUT2D eigenvalue weighted by atomic mass is 10.0. The predicted molar refractivity (Wildman–Crippen MR) is 138 cm³/mol. The Morgan fingerprint density at radius 2 is 1.92 bits per heavy atom. The number of nitrogens with one attached hydrogen (secondary N) is 1. The molecule has 8 nitrogen and oxygen atoms in total. The quantitative estimate of drug-likeness (QED) is 0.239. The first kappa shape index (κ1) is 26.6. The van der Waals surface area contributed by atoms with Crippen LogP contribution in [0.1, 0.15) is 41.4 Å². The lowest BCUT2D eigenvalue weighted by Crippen LogP contribution is -2.33. The molecule has 37 heavy (non-hydrogen) atoms. The number of aliphatic hydroxyl groups excluding tert-OH is 2. The van der Waals surface area contributed by atoms with Gasteiger partial charge >= 0.3 is 0 Å². The second-order valence-electron chi connectivity index (χ2n) is 8.93. The second kappa shape index (κ2) is 13.2. The minimum atomic E-state index is -0.769. The molecule has 3 aromatic carbocycles. The molecule has 1 unspecified atom stereocenters. The molecule has 0 bridgehead atoms. The first-order valence-corrected chi connectivity index (χ1v) is 12.4. The van der Waals surface area contributed by atoms with Gasteiger partial charge in [0.05, 0.1) is 25.4 Å². The average Bonchev–Trinajstić information content (AvgIpc) is 2.94. The number of carbonyl (C=O) groups excluding carboxylic acids is 1. The van der Waals surface area contributed by atoms with E-state index in [0.717, 1.165) is 23.3 Å². The smallest absolute Gasteiger partial charge is 0.298 e. The molecule has 0 spiro atoms. The zero-order chi connectivity index (χ0) is 26.0. The van der Waals surface area contributed by atoms with Crippen molar-refractivity contribution in [2.24, 2.45) is 0 Å². The first-order valence-electron chi connectivity index (χ1n) is 12.4. The Morgan fingerprint density at radius 3 is 2.70 bits per heavy atom. The standard InChI is InChI=1S/C29H33NO7/c1-20(22-5-3-2-4-6-22)34-17-25-18-35-28-9-7-21(13-29(28)37-25)11-12-30-15-26(33)23-8-10-27(36-19-32)24(14-23)16-31/h2-10,13-14,19-20,25-26,30-31,33H,11-12,15-18H2,1H3/t20?,25-,26+/m1/s1. The van der Waals surface area contributed by atoms with Crippen molar-refractivity contribution in [1.29, 1.82) is 0 Å². The van der Waals surface area contributed by atoms with Crippen molar-refractivity contribution in [1.82, 2.24) is 5.32 Å². The van der Waals surface area contributed by atoms with Gasteiger partial charge in [-0.1, -0.05) is 42.5 Å². The summed E-state index contributed by atoms with van der Waals surface area (Å²) in [4.78, 5) is 10.6. The number of hydrogen-bond donors (Lipinski definition) is 3. The predicted octanol–water partition coefficient (Wildman–Crippen LogP) is 3.50. The van der Waals surface area contributed by atoms with Crippen molar-refractivity contribution in [2.45, 2.75) is 38.3 Å². The van der Waals surface area contributed by atoms with Gasteiger partial charge in [0, 0.05) is 12.1 Å². The zero-order valence-corrected chi connectivity index (χ0v) is 20.8. The molecule has 0 saturated heterocycles. The van der Waals surface area contributed by atoms with Crippen molar-refractivity contribution in [2.75, 3.05) is 26.3 Å². The van der Waals surface area contributed by atoms with Gasteiger partial charge in [0.25, 0.3) is 6.47 Å². The molecule has 1 aliphatic heterocycles. The van der Waals surface area contributed by atoms with Gasteiger partial charge in [-0.15, -0.1) is 0 Å². The molecule has 8 heteroatoms. The highest BCUT2D eigenvalue weighted by molar-refractivity contribution is 5.49. The number of carbonyl (C=O) groups is 1. The van der Waals surface area contributed by atoms with Crippen LogP contribution in [0.15, 0.2) is 66.7 Å². The Kier molecular flexibility index (Phi) is 9.51. The first-order chi connectivity index (χ1) is 18.1. The number of fused-ring (bicyclic) bond motifs is 1. The number of benzene rings is 3. The molecule has 0 amide bonds. The highest BCUT2D eigenvalue weighted by Crippen LogP contribution is 2.33. The van der Waals surface area contributed by atoms with Crippen LogP contribution in [0.3, 0.4) is 0 Å². The van der Waals surface area contributed by atoms with Gasteiger partial charge in [0.15, 0.2) is 17.6 Å². The normalized spacial score (nSPS) is 16.1. The van der Waals surface area contributed by atoms with E-state index in [4.69, 9.17) is 18.9 Å². The van der Waals surface area contributed by atoms with Crippen LogP contribution >= 0.6 is 0 Å². The van der Waals surface area contributed by atoms with E-state index in [9.17, 15) is 15.0 Å². The van der Waals surface area contributed by atoms with Crippen molar-refractivity contribution in [3.05, 3.63) is 89.0 Å². The molecular weight excluding hydrogens is 474 g/mol. The summed E-state index contributed by atoms with van der Waals surface area (Å²) in [5.74, 6) is 1.71. The monoisotopic (exact) mass is 507 g/mol. The molecule has 0 saturated carbocycles. The van der Waals surface area contributed by atoms with Crippen LogP contribution in [-0.4, -0.2) is 49.1 Å². The van der Waals surface area contributed by atoms with E-state index in [1.54, 1.807) is 18.2 Å². The van der Waals surface area contributed by atoms with Crippen LogP contribution in [0, 0.1) is 0 Å². The van der Waals surface area contributed by atoms with Gasteiger partial charge in [0.1, 0.15) is 12.4 Å². The van der Waals surface area contributed by atoms with E-state index in [1.165, 1.54) is 0 Å². The van der Waals surface area contributed by atoms with Crippen LogP contribution < -0.4 is 19.5 Å². The van der Waals surface area contributed by atoms with E-state index in [0.29, 0.717) is 49.7 Å². The summed E-state index contributed by atoms with van der Waals surface area (Å²) in [6, 6.07) is 20.9. The summed E-state index contributed by atoms with van der Waals surface area (Å²) in [6.07, 6.45) is -0.246. The Morgan fingerprint density at radius 1 is 1.08 bits per heavy atom. The number of ether oxygens (including phenoxy) is 4. The summed E-state index contributed by atoms with van der Waals surface area (Å²) < 4.78 is 22.9. The molecule has 0 aromatic heterocycles. The maximum absolute atomic E-state index is 10.6. The fourth-order valence-electron chi connectivity index (χ4n) is 4.16. The minimum Gasteiger partial charge on any atom is -0.486 e. The molecule has 196 valence electrons. The fraction of sp³-hybridized carbons (Fsp3) is 0.345. The lowest BCUT2D eigenvalue weighted by Gasteiger charge is -2.28. The maximum atomic E-state index is 10.6. The molecule has 1 aliphatic rings. The number of rotatable bonds is 13. The molecule has 0 fully saturated rings. The van der Waals surface area contributed by atoms with Crippen LogP contribution in [0.5, 0.6) is 17.2 Å². The van der Waals surface area contributed by atoms with Gasteiger partial charge in [-0.3, -0.25) is 4.79 Å². The SMILES string of the molecule is CC(OC[C@@H]1COc2ccc(CCNC[C@H](O)c3ccc(OC=O)c(CO)c3)cc2O1)c1ccccc1. The van der Waals surface area contributed by atoms with Crippen LogP contribution in [0.4, 0.5) is 0 Å². The van der Waals surface area contributed by atoms with Crippen LogP contribution in [0.2, 0.25) is 0 Å². The minimum absolute atomic E-state index is 0.0307. The summed E-state index contributed by atoms with van der Waals surface area (Å²) in [7, 11) is 0. The van der Waals surface area contributed by atoms with Crippen LogP contribution in [0.25, 0.3) is 0 Å². The van der Waals surface area contributed by atoms with Gasteiger partial charge in [0.2, 0.25) is 0 Å². The Hall–Kier alpha value is -3.43. The van der Waals surface area contributed by atoms with Crippen molar-refractivity contribution < 1.29 is 34.0 Å². The van der Waals surface area contributed by atoms with Gasteiger partial charge in [-0.25, -0.2) is 0 Å². The number of aliphatic hydroxyl groups is 2. The molecule has 3 N–H and O–H groups in total. The highest BCUT2D eigenvalue weighted by atomic mass is 16.6. The maximum Gasteiger partial charge on any atom is 0.298 e. The average molecular weight is 508 g/mol. The summed E-state index contributed by atoms with van der Waals surface area (Å²) in [6.45, 7) is 3.90. The topological polar surface area (TPSA) is 106 Å². The van der Waals surface area contributed by atoms with Gasteiger partial charge in [-0.05, 0) is 60.8 Å². The summed E-state index contributed by atoms with van der Waals surface area (Å²) >= 11 is 0. The van der Waals surface area contributed by atoms with Crippen molar-refractivity contribution in [3.8, 4) is 17.2 Å². The number of hydrogen-bond acceptors (Lipinski definition) is 8. The molecule has 4 rings (SSSR count). The third-order valence-electron chi connectivity index (χ3n) is 6.27. The molecule has 0 aliphatic carbocycles. The fourth-order valence-corrected chi connectivity index (χ4v) is 4.16. The van der Waals surface area contributed by atoms with Crippen molar-refractivity contribution in [3.63, 3.8) is 0 Å². The second-order valence-corrected chi connectivity index (χ2v) is 8.93. The molecule has 3 aromatic rings. The summed E-state index contributed by atoms with van der Waals surface area (Å²) in [5.41, 5.74) is 3.28. The lowest BCUT2D eigenvalue weighted by molar-refractivity contribution is -0.120.